The normalized spacial score (nSPS) is 10.4. The Balaban J connectivity index is 2.11. The van der Waals surface area contributed by atoms with Gasteiger partial charge in [-0.15, -0.1) is 0 Å². The number of aromatic hydroxyl groups is 1. The standard InChI is InChI=1S/C19H19NO6/c1-24-14-7-4-12(17(11-14)25-2)6-9-18(22)20-15-8-5-13(10-16(15)21)19(23)26-3/h4-11,21H,1-3H3,(H,20,22)/b9-6+. The van der Waals surface area contributed by atoms with Crippen molar-refractivity contribution in [3.05, 3.63) is 53.6 Å². The van der Waals surface area contributed by atoms with Gasteiger partial charge in [0.1, 0.15) is 17.2 Å². The van der Waals surface area contributed by atoms with Crippen LogP contribution in [0.25, 0.3) is 6.08 Å². The fourth-order valence-electron chi connectivity index (χ4n) is 2.18. The number of benzene rings is 2. The molecule has 0 aliphatic carbocycles. The maximum atomic E-state index is 12.1. The van der Waals surface area contributed by atoms with Crippen molar-refractivity contribution >= 4 is 23.6 Å². The van der Waals surface area contributed by atoms with E-state index in [0.717, 1.165) is 0 Å². The molecule has 136 valence electrons. The Labute approximate surface area is 150 Å². The topological polar surface area (TPSA) is 94.1 Å². The average molecular weight is 357 g/mol. The highest BCUT2D eigenvalue weighted by Crippen LogP contribution is 2.26. The molecule has 7 nitrogen and oxygen atoms in total. The van der Waals surface area contributed by atoms with E-state index in [0.29, 0.717) is 17.1 Å². The number of phenols is 1. The SMILES string of the molecule is COC(=O)c1ccc(NC(=O)/C=C/c2ccc(OC)cc2OC)c(O)c1. The Bertz CT molecular complexity index is 844. The van der Waals surface area contributed by atoms with Gasteiger partial charge in [-0.2, -0.15) is 0 Å². The van der Waals surface area contributed by atoms with Gasteiger partial charge >= 0.3 is 5.97 Å². The summed E-state index contributed by atoms with van der Waals surface area (Å²) in [6.45, 7) is 0. The first-order valence-corrected chi connectivity index (χ1v) is 7.61. The van der Waals surface area contributed by atoms with Crippen LogP contribution in [-0.4, -0.2) is 38.3 Å². The number of esters is 1. The molecular formula is C19H19NO6. The van der Waals surface area contributed by atoms with Gasteiger partial charge in [0, 0.05) is 17.7 Å². The number of carbonyl (C=O) groups excluding carboxylic acids is 2. The molecule has 0 fully saturated rings. The molecule has 26 heavy (non-hydrogen) atoms. The number of methoxy groups -OCH3 is 3. The van der Waals surface area contributed by atoms with Crippen LogP contribution in [-0.2, 0) is 9.53 Å². The molecule has 2 rings (SSSR count). The van der Waals surface area contributed by atoms with Crippen LogP contribution in [0.1, 0.15) is 15.9 Å². The van der Waals surface area contributed by atoms with E-state index < -0.39 is 11.9 Å². The number of ether oxygens (including phenoxy) is 3. The second-order valence-electron chi connectivity index (χ2n) is 5.15. The van der Waals surface area contributed by atoms with E-state index in [2.05, 4.69) is 10.1 Å². The third kappa shape index (κ3) is 4.54. The summed E-state index contributed by atoms with van der Waals surface area (Å²) < 4.78 is 14.9. The summed E-state index contributed by atoms with van der Waals surface area (Å²) in [4.78, 5) is 23.5. The van der Waals surface area contributed by atoms with E-state index in [-0.39, 0.29) is 17.0 Å². The number of anilines is 1. The van der Waals surface area contributed by atoms with Crippen LogP contribution in [0.2, 0.25) is 0 Å². The van der Waals surface area contributed by atoms with Crippen LogP contribution in [0.3, 0.4) is 0 Å². The van der Waals surface area contributed by atoms with Crippen LogP contribution in [0.15, 0.2) is 42.5 Å². The summed E-state index contributed by atoms with van der Waals surface area (Å²) in [5.41, 5.74) is 1.05. The Kier molecular flexibility index (Phi) is 6.21. The molecule has 2 N–H and O–H groups in total. The number of phenolic OH excluding ortho intramolecular Hbond substituents is 1. The molecule has 1 amide bonds. The van der Waals surface area contributed by atoms with Gasteiger partial charge in [-0.25, -0.2) is 4.79 Å². The van der Waals surface area contributed by atoms with Gasteiger partial charge in [0.25, 0.3) is 0 Å². The summed E-state index contributed by atoms with van der Waals surface area (Å²) in [7, 11) is 4.32. The van der Waals surface area contributed by atoms with Gasteiger partial charge in [-0.3, -0.25) is 4.79 Å². The maximum Gasteiger partial charge on any atom is 0.337 e. The van der Waals surface area contributed by atoms with Crippen LogP contribution in [0, 0.1) is 0 Å². The van der Waals surface area contributed by atoms with Gasteiger partial charge < -0.3 is 24.6 Å². The molecule has 7 heteroatoms. The molecule has 0 saturated carbocycles. The van der Waals surface area contributed by atoms with E-state index >= 15 is 0 Å². The number of carbonyl (C=O) groups is 2. The molecule has 0 aromatic heterocycles. The highest BCUT2D eigenvalue weighted by Gasteiger charge is 2.10. The lowest BCUT2D eigenvalue weighted by Crippen LogP contribution is -2.09. The molecule has 0 bridgehead atoms. The van der Waals surface area contributed by atoms with Crippen molar-refractivity contribution in [2.24, 2.45) is 0 Å². The van der Waals surface area contributed by atoms with Crippen molar-refractivity contribution in [1.82, 2.24) is 0 Å². The fraction of sp³-hybridized carbons (Fsp3) is 0.158. The Morgan fingerprint density at radius 3 is 2.42 bits per heavy atom. The van der Waals surface area contributed by atoms with Crippen LogP contribution in [0.5, 0.6) is 17.2 Å². The lowest BCUT2D eigenvalue weighted by atomic mass is 10.1. The van der Waals surface area contributed by atoms with Gasteiger partial charge in [-0.1, -0.05) is 0 Å². The first-order chi connectivity index (χ1) is 12.5. The minimum atomic E-state index is -0.579. The molecule has 0 aliphatic rings. The zero-order valence-corrected chi connectivity index (χ0v) is 14.6. The largest absolute Gasteiger partial charge is 0.506 e. The first kappa shape index (κ1) is 18.9. The average Bonchev–Trinajstić information content (AvgIpc) is 2.67. The Hall–Kier alpha value is -3.48. The van der Waals surface area contributed by atoms with Crippen molar-refractivity contribution in [3.8, 4) is 17.2 Å². The molecule has 2 aromatic rings. The van der Waals surface area contributed by atoms with E-state index in [1.165, 1.54) is 38.5 Å². The zero-order valence-electron chi connectivity index (χ0n) is 14.6. The van der Waals surface area contributed by atoms with E-state index in [1.54, 1.807) is 31.4 Å². The van der Waals surface area contributed by atoms with Crippen molar-refractivity contribution < 1.29 is 28.9 Å². The van der Waals surface area contributed by atoms with Crippen molar-refractivity contribution in [3.63, 3.8) is 0 Å². The number of nitrogens with one attached hydrogen (secondary N) is 1. The summed E-state index contributed by atoms with van der Waals surface area (Å²) >= 11 is 0. The number of rotatable bonds is 6. The van der Waals surface area contributed by atoms with Crippen LogP contribution >= 0.6 is 0 Å². The van der Waals surface area contributed by atoms with Crippen molar-refractivity contribution in [1.29, 1.82) is 0 Å². The number of amides is 1. The summed E-state index contributed by atoms with van der Waals surface area (Å²) in [6, 6.07) is 9.28. The third-order valence-electron chi connectivity index (χ3n) is 3.53. The first-order valence-electron chi connectivity index (χ1n) is 7.61. The minimum Gasteiger partial charge on any atom is -0.506 e. The quantitative estimate of drug-likeness (QED) is 0.469. The zero-order chi connectivity index (χ0) is 19.1. The van der Waals surface area contributed by atoms with Gasteiger partial charge in [0.15, 0.2) is 0 Å². The van der Waals surface area contributed by atoms with Crippen molar-refractivity contribution in [2.75, 3.05) is 26.6 Å². The molecule has 0 aliphatic heterocycles. The maximum absolute atomic E-state index is 12.1. The molecule has 0 radical (unpaired) electrons. The fourth-order valence-corrected chi connectivity index (χ4v) is 2.18. The van der Waals surface area contributed by atoms with Gasteiger partial charge in [-0.05, 0) is 36.4 Å². The van der Waals surface area contributed by atoms with E-state index in [1.807, 2.05) is 0 Å². The second-order valence-corrected chi connectivity index (χ2v) is 5.15. The smallest absolute Gasteiger partial charge is 0.337 e. The highest BCUT2D eigenvalue weighted by molar-refractivity contribution is 6.03. The van der Waals surface area contributed by atoms with E-state index in [9.17, 15) is 14.7 Å². The Morgan fingerprint density at radius 2 is 1.81 bits per heavy atom. The molecule has 0 saturated heterocycles. The number of hydrogen-bond donors (Lipinski definition) is 2. The molecule has 0 unspecified atom stereocenters. The summed E-state index contributed by atoms with van der Waals surface area (Å²) in [6.07, 6.45) is 2.88. The summed E-state index contributed by atoms with van der Waals surface area (Å²) in [5.74, 6) is -0.0805. The molecular weight excluding hydrogens is 338 g/mol. The van der Waals surface area contributed by atoms with Crippen LogP contribution in [0.4, 0.5) is 5.69 Å². The van der Waals surface area contributed by atoms with Crippen LogP contribution < -0.4 is 14.8 Å². The minimum absolute atomic E-state index is 0.175. The summed E-state index contributed by atoms with van der Waals surface area (Å²) in [5, 5.41) is 12.5. The monoisotopic (exact) mass is 357 g/mol. The lowest BCUT2D eigenvalue weighted by molar-refractivity contribution is -0.111. The predicted octanol–water partition coefficient (Wildman–Crippen LogP) is 2.85. The van der Waals surface area contributed by atoms with Gasteiger partial charge in [0.2, 0.25) is 5.91 Å². The molecule has 0 spiro atoms. The van der Waals surface area contributed by atoms with Gasteiger partial charge in [0.05, 0.1) is 32.6 Å². The Morgan fingerprint density at radius 1 is 1.04 bits per heavy atom. The molecule has 0 heterocycles. The predicted molar refractivity (Wildman–Crippen MR) is 96.7 cm³/mol. The molecule has 0 atom stereocenters. The second kappa shape index (κ2) is 8.57. The molecule has 2 aromatic carbocycles. The number of hydrogen-bond acceptors (Lipinski definition) is 6. The highest BCUT2D eigenvalue weighted by atomic mass is 16.5. The van der Waals surface area contributed by atoms with Crippen molar-refractivity contribution in [2.45, 2.75) is 0 Å². The van der Waals surface area contributed by atoms with E-state index in [4.69, 9.17) is 9.47 Å². The lowest BCUT2D eigenvalue weighted by Gasteiger charge is -2.08. The third-order valence-corrected chi connectivity index (χ3v) is 3.53.